The average molecular weight is 143 g/mol. The SMILES string of the molecule is CC(C)c1nn[nH]c1P. The lowest BCUT2D eigenvalue weighted by atomic mass is 10.2. The highest BCUT2D eigenvalue weighted by molar-refractivity contribution is 7.27. The highest BCUT2D eigenvalue weighted by atomic mass is 31.0. The van der Waals surface area contributed by atoms with E-state index in [1.54, 1.807) is 0 Å². The number of hydrogen-bond donors (Lipinski definition) is 1. The van der Waals surface area contributed by atoms with E-state index in [0.29, 0.717) is 5.92 Å². The van der Waals surface area contributed by atoms with Gasteiger partial charge in [0, 0.05) is 0 Å². The molecule has 0 aromatic carbocycles. The average Bonchev–Trinajstić information content (AvgIpc) is 2.13. The van der Waals surface area contributed by atoms with Gasteiger partial charge >= 0.3 is 0 Å². The fourth-order valence-corrected chi connectivity index (χ4v) is 1.12. The molecule has 0 fully saturated rings. The molecule has 1 aromatic heterocycles. The van der Waals surface area contributed by atoms with Gasteiger partial charge in [0.25, 0.3) is 0 Å². The smallest absolute Gasteiger partial charge is 0.0921 e. The molecule has 0 aliphatic rings. The number of hydrogen-bond acceptors (Lipinski definition) is 2. The van der Waals surface area contributed by atoms with E-state index in [2.05, 4.69) is 38.5 Å². The Morgan fingerprint density at radius 2 is 2.22 bits per heavy atom. The van der Waals surface area contributed by atoms with Gasteiger partial charge in [0.1, 0.15) is 0 Å². The second-order valence-corrected chi connectivity index (χ2v) is 2.84. The van der Waals surface area contributed by atoms with E-state index in [1.165, 1.54) is 0 Å². The van der Waals surface area contributed by atoms with Crippen molar-refractivity contribution in [3.63, 3.8) is 0 Å². The first kappa shape index (κ1) is 6.69. The maximum absolute atomic E-state index is 3.89. The summed E-state index contributed by atoms with van der Waals surface area (Å²) in [5.74, 6) is 0.455. The zero-order chi connectivity index (χ0) is 6.85. The van der Waals surface area contributed by atoms with Crippen LogP contribution < -0.4 is 5.44 Å². The third-order valence-electron chi connectivity index (χ3n) is 1.15. The van der Waals surface area contributed by atoms with Crippen LogP contribution in [0.25, 0.3) is 0 Å². The van der Waals surface area contributed by atoms with Gasteiger partial charge in [-0.05, 0) is 5.92 Å². The van der Waals surface area contributed by atoms with E-state index in [4.69, 9.17) is 0 Å². The van der Waals surface area contributed by atoms with Gasteiger partial charge < -0.3 is 0 Å². The largest absolute Gasteiger partial charge is 0.258 e. The molecule has 0 aliphatic heterocycles. The molecular formula is C5H10N3P. The Morgan fingerprint density at radius 3 is 2.44 bits per heavy atom. The summed E-state index contributed by atoms with van der Waals surface area (Å²) in [6.45, 7) is 4.18. The Balaban J connectivity index is 2.94. The third-order valence-corrected chi connectivity index (χ3v) is 1.58. The summed E-state index contributed by atoms with van der Waals surface area (Å²) in [6, 6.07) is 0. The van der Waals surface area contributed by atoms with Crippen molar-refractivity contribution in [1.29, 1.82) is 0 Å². The number of nitrogens with zero attached hydrogens (tertiary/aromatic N) is 2. The maximum atomic E-state index is 3.89. The molecule has 0 amide bonds. The highest BCUT2D eigenvalue weighted by Crippen LogP contribution is 2.07. The summed E-state index contributed by atoms with van der Waals surface area (Å²) in [7, 11) is 2.56. The standard InChI is InChI=1S/C5H10N3P/c1-3(2)4-5(9)7-8-6-4/h3H,9H2,1-2H3,(H,6,7,8). The van der Waals surface area contributed by atoms with Gasteiger partial charge in [0.15, 0.2) is 0 Å². The molecule has 1 atom stereocenters. The molecular weight excluding hydrogens is 133 g/mol. The molecule has 0 saturated heterocycles. The van der Waals surface area contributed by atoms with Crippen molar-refractivity contribution in [2.45, 2.75) is 19.8 Å². The Labute approximate surface area is 56.4 Å². The lowest BCUT2D eigenvalue weighted by molar-refractivity contribution is 0.806. The normalized spacial score (nSPS) is 10.7. The Hall–Kier alpha value is -0.430. The van der Waals surface area contributed by atoms with Crippen LogP contribution in [0.15, 0.2) is 0 Å². The fraction of sp³-hybridized carbons (Fsp3) is 0.600. The lowest BCUT2D eigenvalue weighted by Crippen LogP contribution is -2.01. The molecule has 1 unspecified atom stereocenters. The van der Waals surface area contributed by atoms with E-state index in [-0.39, 0.29) is 0 Å². The topological polar surface area (TPSA) is 41.6 Å². The van der Waals surface area contributed by atoms with Crippen LogP contribution in [0.1, 0.15) is 25.5 Å². The fourth-order valence-electron chi connectivity index (χ4n) is 0.670. The maximum Gasteiger partial charge on any atom is 0.0921 e. The van der Waals surface area contributed by atoms with Gasteiger partial charge in [-0.1, -0.05) is 28.3 Å². The summed E-state index contributed by atoms with van der Waals surface area (Å²) in [5.41, 5.74) is 2.02. The number of aromatic nitrogens is 3. The first-order valence-corrected chi connectivity index (χ1v) is 3.46. The molecule has 50 valence electrons. The minimum Gasteiger partial charge on any atom is -0.258 e. The minimum absolute atomic E-state index is 0.455. The first-order chi connectivity index (χ1) is 4.22. The predicted octanol–water partition coefficient (Wildman–Crippen LogP) is 0.428. The highest BCUT2D eigenvalue weighted by Gasteiger charge is 2.05. The van der Waals surface area contributed by atoms with Crippen molar-refractivity contribution in [3.8, 4) is 0 Å². The van der Waals surface area contributed by atoms with Crippen LogP contribution in [0, 0.1) is 0 Å². The van der Waals surface area contributed by atoms with Gasteiger partial charge in [0.2, 0.25) is 0 Å². The monoisotopic (exact) mass is 143 g/mol. The zero-order valence-electron chi connectivity index (χ0n) is 5.55. The third kappa shape index (κ3) is 1.28. The molecule has 0 bridgehead atoms. The van der Waals surface area contributed by atoms with Gasteiger partial charge in [-0.3, -0.25) is 5.10 Å². The van der Waals surface area contributed by atoms with Crippen LogP contribution in [-0.2, 0) is 0 Å². The molecule has 0 spiro atoms. The first-order valence-electron chi connectivity index (χ1n) is 2.88. The number of aromatic amines is 1. The molecule has 9 heavy (non-hydrogen) atoms. The molecule has 1 heterocycles. The Bertz CT molecular complexity index is 194. The summed E-state index contributed by atoms with van der Waals surface area (Å²) in [6.07, 6.45) is 0. The second-order valence-electron chi connectivity index (χ2n) is 2.27. The molecule has 3 nitrogen and oxygen atoms in total. The van der Waals surface area contributed by atoms with Crippen LogP contribution in [0.3, 0.4) is 0 Å². The minimum atomic E-state index is 0.455. The van der Waals surface area contributed by atoms with E-state index in [9.17, 15) is 0 Å². The zero-order valence-corrected chi connectivity index (χ0v) is 6.70. The number of nitrogens with one attached hydrogen (secondary N) is 1. The van der Waals surface area contributed by atoms with Crippen molar-refractivity contribution in [2.24, 2.45) is 0 Å². The molecule has 1 aromatic rings. The van der Waals surface area contributed by atoms with Gasteiger partial charge in [0.05, 0.1) is 11.1 Å². The van der Waals surface area contributed by atoms with Crippen molar-refractivity contribution >= 4 is 14.7 Å². The second kappa shape index (κ2) is 2.44. The lowest BCUT2D eigenvalue weighted by Gasteiger charge is -1.96. The quantitative estimate of drug-likeness (QED) is 0.579. The van der Waals surface area contributed by atoms with Crippen molar-refractivity contribution in [3.05, 3.63) is 5.69 Å². The van der Waals surface area contributed by atoms with E-state index >= 15 is 0 Å². The molecule has 0 saturated carbocycles. The van der Waals surface area contributed by atoms with Crippen molar-refractivity contribution < 1.29 is 0 Å². The molecule has 0 radical (unpaired) electrons. The summed E-state index contributed by atoms with van der Waals surface area (Å²) >= 11 is 0. The van der Waals surface area contributed by atoms with E-state index in [1.807, 2.05) is 0 Å². The predicted molar refractivity (Wildman–Crippen MR) is 39.8 cm³/mol. The number of rotatable bonds is 1. The van der Waals surface area contributed by atoms with Crippen LogP contribution in [0.5, 0.6) is 0 Å². The Morgan fingerprint density at radius 1 is 1.56 bits per heavy atom. The summed E-state index contributed by atoms with van der Waals surface area (Å²) < 4.78 is 0. The molecule has 4 heteroatoms. The summed E-state index contributed by atoms with van der Waals surface area (Å²) in [4.78, 5) is 0. The summed E-state index contributed by atoms with van der Waals surface area (Å²) in [5, 5.41) is 10.3. The van der Waals surface area contributed by atoms with Gasteiger partial charge in [-0.2, -0.15) is 0 Å². The molecule has 0 aliphatic carbocycles. The number of H-pyrrole nitrogens is 1. The van der Waals surface area contributed by atoms with Crippen molar-refractivity contribution in [2.75, 3.05) is 0 Å². The van der Waals surface area contributed by atoms with Crippen LogP contribution in [-0.4, -0.2) is 15.4 Å². The van der Waals surface area contributed by atoms with Gasteiger partial charge in [-0.15, -0.1) is 5.10 Å². The van der Waals surface area contributed by atoms with Crippen LogP contribution in [0.2, 0.25) is 0 Å². The van der Waals surface area contributed by atoms with E-state index in [0.717, 1.165) is 11.1 Å². The molecule has 1 rings (SSSR count). The van der Waals surface area contributed by atoms with Crippen LogP contribution in [0.4, 0.5) is 0 Å². The van der Waals surface area contributed by atoms with Crippen LogP contribution >= 0.6 is 9.24 Å². The Kier molecular flexibility index (Phi) is 1.81. The van der Waals surface area contributed by atoms with Gasteiger partial charge in [-0.25, -0.2) is 0 Å². The molecule has 1 N–H and O–H groups in total. The van der Waals surface area contributed by atoms with Crippen molar-refractivity contribution in [1.82, 2.24) is 15.4 Å². The van der Waals surface area contributed by atoms with E-state index < -0.39 is 0 Å².